The fourth-order valence-electron chi connectivity index (χ4n) is 1.92. The molecule has 4 nitrogen and oxygen atoms in total. The van der Waals surface area contributed by atoms with E-state index in [4.69, 9.17) is 10.7 Å². The van der Waals surface area contributed by atoms with Crippen molar-refractivity contribution in [3.05, 3.63) is 28.8 Å². The molecule has 0 fully saturated rings. The van der Waals surface area contributed by atoms with Crippen molar-refractivity contribution in [3.8, 4) is 0 Å². The summed E-state index contributed by atoms with van der Waals surface area (Å²) in [7, 11) is 3.28. The number of carbonyl (C=O) groups is 1. The SMILES string of the molecule is CCCCN(C)C(=O)c1cc(C)c(C)c(S(=O)(=O)Cl)c1. The van der Waals surface area contributed by atoms with Crippen molar-refractivity contribution in [1.82, 2.24) is 4.90 Å². The summed E-state index contributed by atoms with van der Waals surface area (Å²) in [4.78, 5) is 13.9. The first-order valence-corrected chi connectivity index (χ1v) is 8.80. The van der Waals surface area contributed by atoms with Gasteiger partial charge in [0.15, 0.2) is 0 Å². The van der Waals surface area contributed by atoms with Crippen LogP contribution in [0.2, 0.25) is 0 Å². The molecule has 0 aliphatic carbocycles. The average Bonchev–Trinajstić information content (AvgIpc) is 2.36. The number of hydrogen-bond acceptors (Lipinski definition) is 3. The van der Waals surface area contributed by atoms with Crippen molar-refractivity contribution in [2.75, 3.05) is 13.6 Å². The fraction of sp³-hybridized carbons (Fsp3) is 0.500. The van der Waals surface area contributed by atoms with Crippen LogP contribution >= 0.6 is 10.7 Å². The van der Waals surface area contributed by atoms with Gasteiger partial charge in [0, 0.05) is 29.8 Å². The highest BCUT2D eigenvalue weighted by molar-refractivity contribution is 8.13. The largest absolute Gasteiger partial charge is 0.342 e. The number of benzene rings is 1. The Hall–Kier alpha value is -1.07. The number of aryl methyl sites for hydroxylation is 1. The lowest BCUT2D eigenvalue weighted by atomic mass is 10.1. The van der Waals surface area contributed by atoms with Gasteiger partial charge in [0.25, 0.3) is 15.0 Å². The van der Waals surface area contributed by atoms with Crippen molar-refractivity contribution >= 4 is 25.6 Å². The standard InChI is InChI=1S/C14H20ClNO3S/c1-5-6-7-16(4)14(17)12-8-10(2)11(3)13(9-12)20(15,18)19/h8-9H,5-7H2,1-4H3. The summed E-state index contributed by atoms with van der Waals surface area (Å²) in [5.41, 5.74) is 1.66. The molecule has 20 heavy (non-hydrogen) atoms. The molecule has 0 saturated heterocycles. The van der Waals surface area contributed by atoms with Gasteiger partial charge < -0.3 is 4.90 Å². The topological polar surface area (TPSA) is 54.5 Å². The van der Waals surface area contributed by atoms with Crippen LogP contribution in [-0.2, 0) is 9.05 Å². The van der Waals surface area contributed by atoms with Gasteiger partial charge in [-0.3, -0.25) is 4.79 Å². The zero-order valence-electron chi connectivity index (χ0n) is 12.2. The zero-order chi connectivity index (χ0) is 15.5. The van der Waals surface area contributed by atoms with E-state index in [1.54, 1.807) is 31.9 Å². The average molecular weight is 318 g/mol. The van der Waals surface area contributed by atoms with Gasteiger partial charge in [0.1, 0.15) is 0 Å². The van der Waals surface area contributed by atoms with Crippen molar-refractivity contribution in [3.63, 3.8) is 0 Å². The Kier molecular flexibility index (Phi) is 5.59. The summed E-state index contributed by atoms with van der Waals surface area (Å²) in [6.07, 6.45) is 1.90. The Morgan fingerprint density at radius 1 is 1.30 bits per heavy atom. The van der Waals surface area contributed by atoms with Crippen molar-refractivity contribution in [1.29, 1.82) is 0 Å². The third-order valence-corrected chi connectivity index (χ3v) is 4.77. The van der Waals surface area contributed by atoms with Crippen LogP contribution in [0.15, 0.2) is 17.0 Å². The second-order valence-electron chi connectivity index (χ2n) is 4.93. The monoisotopic (exact) mass is 317 g/mol. The summed E-state index contributed by atoms with van der Waals surface area (Å²) >= 11 is 0. The van der Waals surface area contributed by atoms with E-state index in [1.807, 2.05) is 6.92 Å². The molecule has 0 spiro atoms. The van der Waals surface area contributed by atoms with E-state index in [0.717, 1.165) is 18.4 Å². The minimum atomic E-state index is -3.85. The molecule has 1 rings (SSSR count). The van der Waals surface area contributed by atoms with E-state index in [0.29, 0.717) is 17.7 Å². The molecular weight excluding hydrogens is 298 g/mol. The van der Waals surface area contributed by atoms with Gasteiger partial charge in [-0.1, -0.05) is 13.3 Å². The van der Waals surface area contributed by atoms with E-state index in [1.165, 1.54) is 6.07 Å². The lowest BCUT2D eigenvalue weighted by molar-refractivity contribution is 0.0793. The molecule has 1 aromatic carbocycles. The quantitative estimate of drug-likeness (QED) is 0.784. The minimum Gasteiger partial charge on any atom is -0.342 e. The smallest absolute Gasteiger partial charge is 0.261 e. The Morgan fingerprint density at radius 3 is 2.40 bits per heavy atom. The van der Waals surface area contributed by atoms with Crippen molar-refractivity contribution in [2.45, 2.75) is 38.5 Å². The maximum Gasteiger partial charge on any atom is 0.261 e. The molecule has 0 aliphatic heterocycles. The molecule has 6 heteroatoms. The highest BCUT2D eigenvalue weighted by Gasteiger charge is 2.20. The number of nitrogens with zero attached hydrogens (tertiary/aromatic N) is 1. The lowest BCUT2D eigenvalue weighted by Gasteiger charge is -2.18. The number of unbranched alkanes of at least 4 members (excludes halogenated alkanes) is 1. The fourth-order valence-corrected chi connectivity index (χ4v) is 3.20. The number of rotatable bonds is 5. The third-order valence-electron chi connectivity index (χ3n) is 3.32. The van der Waals surface area contributed by atoms with Gasteiger partial charge in [0.05, 0.1) is 4.90 Å². The van der Waals surface area contributed by atoms with Gasteiger partial charge in [0.2, 0.25) is 0 Å². The van der Waals surface area contributed by atoms with Crippen LogP contribution in [0.25, 0.3) is 0 Å². The first-order valence-electron chi connectivity index (χ1n) is 6.49. The van der Waals surface area contributed by atoms with Crippen molar-refractivity contribution < 1.29 is 13.2 Å². The third kappa shape index (κ3) is 3.96. The van der Waals surface area contributed by atoms with E-state index >= 15 is 0 Å². The van der Waals surface area contributed by atoms with Crippen LogP contribution in [0.1, 0.15) is 41.3 Å². The first-order chi connectivity index (χ1) is 9.18. The van der Waals surface area contributed by atoms with E-state index in [-0.39, 0.29) is 10.8 Å². The summed E-state index contributed by atoms with van der Waals surface area (Å²) in [6.45, 7) is 6.14. The molecule has 0 saturated carbocycles. The van der Waals surface area contributed by atoms with E-state index < -0.39 is 9.05 Å². The second-order valence-corrected chi connectivity index (χ2v) is 7.47. The Morgan fingerprint density at radius 2 is 1.90 bits per heavy atom. The number of carbonyl (C=O) groups excluding carboxylic acids is 1. The molecule has 0 heterocycles. The number of amides is 1. The van der Waals surface area contributed by atoms with Crippen LogP contribution in [0.3, 0.4) is 0 Å². The van der Waals surface area contributed by atoms with Crippen molar-refractivity contribution in [2.24, 2.45) is 0 Å². The van der Waals surface area contributed by atoms with E-state index in [9.17, 15) is 13.2 Å². The minimum absolute atomic E-state index is 0.00593. The molecule has 0 atom stereocenters. The van der Waals surface area contributed by atoms with Gasteiger partial charge in [-0.2, -0.15) is 0 Å². The van der Waals surface area contributed by atoms with Gasteiger partial charge >= 0.3 is 0 Å². The lowest BCUT2D eigenvalue weighted by Crippen LogP contribution is -2.28. The van der Waals surface area contributed by atoms with Gasteiger partial charge in [-0.05, 0) is 43.5 Å². The number of hydrogen-bond donors (Lipinski definition) is 0. The van der Waals surface area contributed by atoms with Gasteiger partial charge in [-0.25, -0.2) is 8.42 Å². The molecule has 1 aromatic rings. The summed E-state index contributed by atoms with van der Waals surface area (Å²) in [5, 5.41) is 0. The maximum absolute atomic E-state index is 12.3. The summed E-state index contributed by atoms with van der Waals surface area (Å²) in [5.74, 6) is -0.192. The second kappa shape index (κ2) is 6.59. The molecule has 1 amide bonds. The predicted molar refractivity (Wildman–Crippen MR) is 80.8 cm³/mol. The van der Waals surface area contributed by atoms with Gasteiger partial charge in [-0.15, -0.1) is 0 Å². The Bertz CT molecular complexity index is 611. The zero-order valence-corrected chi connectivity index (χ0v) is 13.8. The highest BCUT2D eigenvalue weighted by atomic mass is 35.7. The first kappa shape index (κ1) is 17.0. The molecule has 0 aromatic heterocycles. The summed E-state index contributed by atoms with van der Waals surface area (Å²) in [6, 6.07) is 3.06. The van der Waals surface area contributed by atoms with Crippen LogP contribution in [0.4, 0.5) is 0 Å². The molecule has 0 N–H and O–H groups in total. The Labute approximate surface area is 125 Å². The highest BCUT2D eigenvalue weighted by Crippen LogP contribution is 2.24. The molecule has 0 bridgehead atoms. The van der Waals surface area contributed by atoms with Crippen LogP contribution in [-0.4, -0.2) is 32.8 Å². The molecule has 0 radical (unpaired) electrons. The summed E-state index contributed by atoms with van der Waals surface area (Å²) < 4.78 is 23.1. The normalized spacial score (nSPS) is 11.4. The van der Waals surface area contributed by atoms with Crippen LogP contribution < -0.4 is 0 Å². The maximum atomic E-state index is 12.3. The Balaban J connectivity index is 3.21. The molecule has 0 unspecified atom stereocenters. The number of halogens is 1. The van der Waals surface area contributed by atoms with E-state index in [2.05, 4.69) is 0 Å². The molecule has 0 aliphatic rings. The van der Waals surface area contributed by atoms with Crippen LogP contribution in [0.5, 0.6) is 0 Å². The predicted octanol–water partition coefficient (Wildman–Crippen LogP) is 3.10. The van der Waals surface area contributed by atoms with Crippen LogP contribution in [0, 0.1) is 13.8 Å². The molecule has 112 valence electrons. The molecular formula is C14H20ClNO3S.